The molecule has 0 radical (unpaired) electrons. The van der Waals surface area contributed by atoms with Crippen LogP contribution in [0, 0.1) is 0 Å². The lowest BCUT2D eigenvalue weighted by atomic mass is 10.2. The summed E-state index contributed by atoms with van der Waals surface area (Å²) >= 11 is 0. The Morgan fingerprint density at radius 2 is 2.05 bits per heavy atom. The summed E-state index contributed by atoms with van der Waals surface area (Å²) in [5.41, 5.74) is 0.784. The van der Waals surface area contributed by atoms with Gasteiger partial charge < -0.3 is 8.84 Å². The molecule has 118 valence electrons. The molecular weight excluding hydrogens is 299 g/mol. The molecule has 0 aliphatic rings. The molecule has 1 heterocycles. The van der Waals surface area contributed by atoms with Crippen molar-refractivity contribution in [2.24, 2.45) is 4.99 Å². The van der Waals surface area contributed by atoms with Gasteiger partial charge in [-0.25, -0.2) is 0 Å². The van der Waals surface area contributed by atoms with Crippen LogP contribution in [0.25, 0.3) is 0 Å². The molecule has 1 atom stereocenters. The molecule has 0 aromatic carbocycles. The van der Waals surface area contributed by atoms with Crippen molar-refractivity contribution in [1.29, 1.82) is 0 Å². The topological polar surface area (TPSA) is 34.7 Å². The summed E-state index contributed by atoms with van der Waals surface area (Å²) in [6, 6.07) is 1.83. The molecule has 1 aromatic rings. The maximum absolute atomic E-state index is 12.4. The normalized spacial score (nSPS) is 14.6. The highest BCUT2D eigenvalue weighted by molar-refractivity contribution is 6.69. The summed E-state index contributed by atoms with van der Waals surface area (Å²) in [6.45, 7) is 12.1. The Balaban J connectivity index is 2.75. The Morgan fingerprint density at radius 1 is 1.43 bits per heavy atom. The molecule has 3 nitrogen and oxygen atoms in total. The van der Waals surface area contributed by atoms with Crippen LogP contribution < -0.4 is 0 Å². The SMILES string of the molecule is C=C(C)C(CO[Si](C)(C)C)N=Cc1ccc(C(F)(F)F)o1. The highest BCUT2D eigenvalue weighted by Gasteiger charge is 2.34. The number of nitrogens with zero attached hydrogens (tertiary/aromatic N) is 1. The number of aliphatic imine (C=N–C) groups is 1. The number of hydrogen-bond acceptors (Lipinski definition) is 3. The summed E-state index contributed by atoms with van der Waals surface area (Å²) in [7, 11) is -1.68. The molecule has 0 fully saturated rings. The van der Waals surface area contributed by atoms with E-state index in [-0.39, 0.29) is 11.8 Å². The summed E-state index contributed by atoms with van der Waals surface area (Å²) in [5.74, 6) is -0.976. The van der Waals surface area contributed by atoms with E-state index in [1.807, 2.05) is 19.6 Å². The van der Waals surface area contributed by atoms with Gasteiger partial charge in [0, 0.05) is 0 Å². The summed E-state index contributed by atoms with van der Waals surface area (Å²) < 4.78 is 47.7. The highest BCUT2D eigenvalue weighted by Crippen LogP contribution is 2.30. The van der Waals surface area contributed by atoms with Crippen LogP contribution in [0.15, 0.2) is 33.7 Å². The van der Waals surface area contributed by atoms with E-state index in [4.69, 9.17) is 4.43 Å². The van der Waals surface area contributed by atoms with Gasteiger partial charge in [0.2, 0.25) is 5.76 Å². The van der Waals surface area contributed by atoms with Crippen molar-refractivity contribution >= 4 is 14.5 Å². The third-order valence-corrected chi connectivity index (χ3v) is 3.56. The zero-order valence-electron chi connectivity index (χ0n) is 12.6. The fraction of sp³-hybridized carbons (Fsp3) is 0.500. The minimum absolute atomic E-state index is 0.0570. The molecule has 0 amide bonds. The van der Waals surface area contributed by atoms with Crippen LogP contribution in [-0.2, 0) is 10.6 Å². The van der Waals surface area contributed by atoms with Crippen LogP contribution in [0.4, 0.5) is 13.2 Å². The molecule has 0 spiro atoms. The van der Waals surface area contributed by atoms with Crippen molar-refractivity contribution in [3.05, 3.63) is 35.8 Å². The Bertz CT molecular complexity index is 515. The maximum atomic E-state index is 12.4. The van der Waals surface area contributed by atoms with Crippen LogP contribution in [0.3, 0.4) is 0 Å². The van der Waals surface area contributed by atoms with Gasteiger partial charge in [-0.05, 0) is 38.7 Å². The van der Waals surface area contributed by atoms with Crippen LogP contribution in [0.2, 0.25) is 19.6 Å². The third kappa shape index (κ3) is 6.30. The van der Waals surface area contributed by atoms with Gasteiger partial charge in [0.15, 0.2) is 8.32 Å². The standard InChI is InChI=1S/C14H20F3NO2Si/c1-10(2)12(9-19-21(3,4)5)18-8-11-6-7-13(20-11)14(15,16)17/h6-8,12H,1,9H2,2-5H3. The maximum Gasteiger partial charge on any atom is 0.449 e. The Kier molecular flexibility index (Phi) is 5.58. The van der Waals surface area contributed by atoms with E-state index >= 15 is 0 Å². The zero-order valence-corrected chi connectivity index (χ0v) is 13.6. The molecule has 0 N–H and O–H groups in total. The minimum Gasteiger partial charge on any atom is -0.451 e. The minimum atomic E-state index is -4.49. The number of alkyl halides is 3. The average Bonchev–Trinajstić information content (AvgIpc) is 2.75. The number of halogens is 3. The number of rotatable bonds is 6. The van der Waals surface area contributed by atoms with Gasteiger partial charge in [-0.15, -0.1) is 0 Å². The third-order valence-electron chi connectivity index (χ3n) is 2.53. The molecule has 0 saturated carbocycles. The van der Waals surface area contributed by atoms with E-state index < -0.39 is 20.3 Å². The lowest BCUT2D eigenvalue weighted by molar-refractivity contribution is -0.153. The number of furan rings is 1. The van der Waals surface area contributed by atoms with Crippen molar-refractivity contribution < 1.29 is 22.0 Å². The van der Waals surface area contributed by atoms with Crippen LogP contribution in [0.5, 0.6) is 0 Å². The van der Waals surface area contributed by atoms with Crippen molar-refractivity contribution in [2.45, 2.75) is 38.8 Å². The first-order chi connectivity index (χ1) is 9.49. The Labute approximate surface area is 123 Å². The predicted molar refractivity (Wildman–Crippen MR) is 79.2 cm³/mol. The summed E-state index contributed by atoms with van der Waals surface area (Å²) in [5, 5.41) is 0. The highest BCUT2D eigenvalue weighted by atomic mass is 28.4. The predicted octanol–water partition coefficient (Wildman–Crippen LogP) is 4.51. The first-order valence-corrected chi connectivity index (χ1v) is 9.89. The molecule has 1 aromatic heterocycles. The van der Waals surface area contributed by atoms with Gasteiger partial charge in [0.05, 0.1) is 18.9 Å². The van der Waals surface area contributed by atoms with E-state index in [2.05, 4.69) is 16.0 Å². The largest absolute Gasteiger partial charge is 0.451 e. The van der Waals surface area contributed by atoms with Gasteiger partial charge in [-0.2, -0.15) is 13.2 Å². The Hall–Kier alpha value is -1.34. The van der Waals surface area contributed by atoms with E-state index in [1.165, 1.54) is 12.3 Å². The molecule has 0 aliphatic heterocycles. The van der Waals surface area contributed by atoms with Crippen LogP contribution in [0.1, 0.15) is 18.4 Å². The second-order valence-corrected chi connectivity index (χ2v) is 10.3. The van der Waals surface area contributed by atoms with Crippen molar-refractivity contribution in [3.8, 4) is 0 Å². The van der Waals surface area contributed by atoms with E-state index in [0.29, 0.717) is 6.61 Å². The molecule has 7 heteroatoms. The lowest BCUT2D eigenvalue weighted by Gasteiger charge is -2.21. The molecule has 0 bridgehead atoms. The average molecular weight is 319 g/mol. The first-order valence-electron chi connectivity index (χ1n) is 6.48. The number of hydrogen-bond donors (Lipinski definition) is 0. The molecule has 0 saturated heterocycles. The summed E-state index contributed by atoms with van der Waals surface area (Å²) in [6.07, 6.45) is -3.21. The zero-order chi connectivity index (χ0) is 16.3. The molecule has 1 unspecified atom stereocenters. The quantitative estimate of drug-likeness (QED) is 0.439. The first kappa shape index (κ1) is 17.7. The molecular formula is C14H20F3NO2Si. The smallest absolute Gasteiger partial charge is 0.449 e. The second-order valence-electron chi connectivity index (χ2n) is 5.76. The van der Waals surface area contributed by atoms with Gasteiger partial charge in [0.25, 0.3) is 0 Å². The van der Waals surface area contributed by atoms with Crippen LogP contribution in [-0.4, -0.2) is 27.2 Å². The molecule has 0 aliphatic carbocycles. The fourth-order valence-electron chi connectivity index (χ4n) is 1.38. The van der Waals surface area contributed by atoms with Crippen molar-refractivity contribution in [2.75, 3.05) is 6.61 Å². The lowest BCUT2D eigenvalue weighted by Crippen LogP contribution is -2.30. The van der Waals surface area contributed by atoms with Gasteiger partial charge >= 0.3 is 6.18 Å². The summed E-state index contributed by atoms with van der Waals surface area (Å²) in [4.78, 5) is 4.20. The molecule has 1 rings (SSSR count). The van der Waals surface area contributed by atoms with Crippen molar-refractivity contribution in [1.82, 2.24) is 0 Å². The Morgan fingerprint density at radius 3 is 2.48 bits per heavy atom. The monoisotopic (exact) mass is 319 g/mol. The van der Waals surface area contributed by atoms with Gasteiger partial charge in [0.1, 0.15) is 5.76 Å². The van der Waals surface area contributed by atoms with E-state index in [1.54, 1.807) is 6.92 Å². The van der Waals surface area contributed by atoms with Gasteiger partial charge in [-0.3, -0.25) is 4.99 Å². The van der Waals surface area contributed by atoms with E-state index in [9.17, 15) is 13.2 Å². The van der Waals surface area contributed by atoms with Crippen molar-refractivity contribution in [3.63, 3.8) is 0 Å². The van der Waals surface area contributed by atoms with E-state index in [0.717, 1.165) is 11.6 Å². The fourth-order valence-corrected chi connectivity index (χ4v) is 2.04. The molecule has 21 heavy (non-hydrogen) atoms. The van der Waals surface area contributed by atoms with Crippen LogP contribution >= 0.6 is 0 Å². The van der Waals surface area contributed by atoms with Gasteiger partial charge in [-0.1, -0.05) is 12.2 Å². The second kappa shape index (κ2) is 6.61.